The molecular formula is C16H16BrNOS. The van der Waals surface area contributed by atoms with E-state index in [0.29, 0.717) is 0 Å². The average Bonchev–Trinajstić information content (AvgIpc) is 2.78. The van der Waals surface area contributed by atoms with Gasteiger partial charge in [0, 0.05) is 11.7 Å². The van der Waals surface area contributed by atoms with E-state index >= 15 is 0 Å². The highest BCUT2D eigenvalue weighted by Gasteiger charge is 2.29. The van der Waals surface area contributed by atoms with E-state index in [4.69, 9.17) is 0 Å². The Balaban J connectivity index is 2.02. The van der Waals surface area contributed by atoms with Gasteiger partial charge in [-0.1, -0.05) is 18.2 Å². The number of para-hydroxylation sites is 1. The molecule has 2 heterocycles. The van der Waals surface area contributed by atoms with Gasteiger partial charge in [0.1, 0.15) is 0 Å². The molecule has 0 fully saturated rings. The number of halogens is 1. The number of aryl methyl sites for hydroxylation is 2. The number of carbonyl (C=O) groups excluding carboxylic acids is 1. The van der Waals surface area contributed by atoms with Crippen molar-refractivity contribution in [2.24, 2.45) is 0 Å². The number of rotatable bonds is 1. The summed E-state index contributed by atoms with van der Waals surface area (Å²) in [5.41, 5.74) is 3.46. The van der Waals surface area contributed by atoms with Gasteiger partial charge in [0.05, 0.1) is 8.66 Å². The molecule has 2 aromatic rings. The summed E-state index contributed by atoms with van der Waals surface area (Å²) in [7, 11) is 0. The van der Waals surface area contributed by atoms with Crippen molar-refractivity contribution in [3.05, 3.63) is 50.1 Å². The van der Waals surface area contributed by atoms with Crippen molar-refractivity contribution in [1.82, 2.24) is 0 Å². The van der Waals surface area contributed by atoms with Gasteiger partial charge in [0.25, 0.3) is 5.91 Å². The summed E-state index contributed by atoms with van der Waals surface area (Å²) >= 11 is 5.02. The number of anilines is 1. The second kappa shape index (κ2) is 5.34. The number of carbonyl (C=O) groups is 1. The summed E-state index contributed by atoms with van der Waals surface area (Å²) in [5, 5.41) is 0. The number of thiophene rings is 1. The van der Waals surface area contributed by atoms with Crippen molar-refractivity contribution in [1.29, 1.82) is 0 Å². The molecule has 0 saturated carbocycles. The first kappa shape index (κ1) is 13.8. The third kappa shape index (κ3) is 2.31. The SMILES string of the molecule is Cc1cc(C(=O)N2c3ccccc3CCC2C)sc1Br. The maximum atomic E-state index is 12.9. The van der Waals surface area contributed by atoms with Gasteiger partial charge in [-0.05, 0) is 65.9 Å². The Bertz CT molecular complexity index is 645. The molecule has 104 valence electrons. The third-order valence-corrected chi connectivity index (χ3v) is 5.93. The van der Waals surface area contributed by atoms with Crippen molar-refractivity contribution >= 4 is 38.9 Å². The molecule has 1 aromatic carbocycles. The number of hydrogen-bond acceptors (Lipinski definition) is 2. The van der Waals surface area contributed by atoms with Crippen LogP contribution in [-0.2, 0) is 6.42 Å². The summed E-state index contributed by atoms with van der Waals surface area (Å²) in [4.78, 5) is 15.6. The van der Waals surface area contributed by atoms with Crippen molar-refractivity contribution in [3.8, 4) is 0 Å². The number of amides is 1. The van der Waals surface area contributed by atoms with Gasteiger partial charge in [-0.3, -0.25) is 4.79 Å². The fraction of sp³-hybridized carbons (Fsp3) is 0.312. The van der Waals surface area contributed by atoms with Crippen LogP contribution < -0.4 is 4.90 Å². The largest absolute Gasteiger partial charge is 0.305 e. The molecule has 0 saturated heterocycles. The summed E-state index contributed by atoms with van der Waals surface area (Å²) < 4.78 is 1.04. The molecule has 0 radical (unpaired) electrons. The predicted octanol–water partition coefficient (Wildman–Crippen LogP) is 4.80. The molecule has 0 bridgehead atoms. The molecule has 1 amide bonds. The average molecular weight is 350 g/mol. The van der Waals surface area contributed by atoms with E-state index in [1.165, 1.54) is 16.9 Å². The summed E-state index contributed by atoms with van der Waals surface area (Å²) in [5.74, 6) is 0.114. The van der Waals surface area contributed by atoms with Gasteiger partial charge >= 0.3 is 0 Å². The molecule has 1 aliphatic rings. The van der Waals surface area contributed by atoms with Crippen LogP contribution in [0.15, 0.2) is 34.1 Å². The molecule has 1 unspecified atom stereocenters. The van der Waals surface area contributed by atoms with Crippen molar-refractivity contribution < 1.29 is 4.79 Å². The molecule has 1 aromatic heterocycles. The van der Waals surface area contributed by atoms with Crippen LogP contribution in [0.2, 0.25) is 0 Å². The van der Waals surface area contributed by atoms with Gasteiger partial charge in [-0.25, -0.2) is 0 Å². The lowest BCUT2D eigenvalue weighted by Gasteiger charge is -2.35. The molecule has 1 aliphatic heterocycles. The van der Waals surface area contributed by atoms with Crippen LogP contribution in [0, 0.1) is 6.92 Å². The van der Waals surface area contributed by atoms with Crippen LogP contribution in [-0.4, -0.2) is 11.9 Å². The molecule has 3 rings (SSSR count). The van der Waals surface area contributed by atoms with E-state index in [1.807, 2.05) is 30.0 Å². The van der Waals surface area contributed by atoms with Crippen LogP contribution in [0.5, 0.6) is 0 Å². The zero-order valence-corrected chi connectivity index (χ0v) is 13.9. The molecule has 0 spiro atoms. The van der Waals surface area contributed by atoms with Gasteiger partial charge in [0.15, 0.2) is 0 Å². The second-order valence-corrected chi connectivity index (χ2v) is 7.63. The number of hydrogen-bond donors (Lipinski definition) is 0. The highest BCUT2D eigenvalue weighted by molar-refractivity contribution is 9.11. The molecule has 4 heteroatoms. The van der Waals surface area contributed by atoms with Crippen LogP contribution in [0.3, 0.4) is 0 Å². The molecular weight excluding hydrogens is 334 g/mol. The first-order chi connectivity index (χ1) is 9.58. The van der Waals surface area contributed by atoms with Crippen molar-refractivity contribution in [2.45, 2.75) is 32.7 Å². The maximum absolute atomic E-state index is 12.9. The van der Waals surface area contributed by atoms with E-state index in [9.17, 15) is 4.79 Å². The van der Waals surface area contributed by atoms with Crippen LogP contribution in [0.25, 0.3) is 0 Å². The van der Waals surface area contributed by atoms with E-state index in [2.05, 4.69) is 35.0 Å². The van der Waals surface area contributed by atoms with E-state index in [1.54, 1.807) is 0 Å². The molecule has 0 N–H and O–H groups in total. The Morgan fingerprint density at radius 2 is 2.15 bits per heavy atom. The Hall–Kier alpha value is -1.13. The van der Waals surface area contributed by atoms with Crippen molar-refractivity contribution in [2.75, 3.05) is 4.90 Å². The summed E-state index contributed by atoms with van der Waals surface area (Å²) in [6, 6.07) is 10.4. The normalized spacial score (nSPS) is 17.9. The lowest BCUT2D eigenvalue weighted by Crippen LogP contribution is -2.41. The van der Waals surface area contributed by atoms with E-state index in [0.717, 1.165) is 32.8 Å². The van der Waals surface area contributed by atoms with Crippen LogP contribution in [0.4, 0.5) is 5.69 Å². The summed E-state index contributed by atoms with van der Waals surface area (Å²) in [6.45, 7) is 4.15. The minimum Gasteiger partial charge on any atom is -0.305 e. The minimum absolute atomic E-state index is 0.114. The Morgan fingerprint density at radius 1 is 1.40 bits per heavy atom. The smallest absolute Gasteiger partial charge is 0.268 e. The highest BCUT2D eigenvalue weighted by Crippen LogP contribution is 2.34. The fourth-order valence-corrected chi connectivity index (χ4v) is 4.15. The molecule has 1 atom stereocenters. The zero-order valence-electron chi connectivity index (χ0n) is 11.5. The number of benzene rings is 1. The first-order valence-electron chi connectivity index (χ1n) is 6.75. The Morgan fingerprint density at radius 3 is 2.85 bits per heavy atom. The lowest BCUT2D eigenvalue weighted by molar-refractivity contribution is 0.0979. The molecule has 0 aliphatic carbocycles. The Labute approximate surface area is 131 Å². The van der Waals surface area contributed by atoms with Gasteiger partial charge in [0.2, 0.25) is 0 Å². The fourth-order valence-electron chi connectivity index (χ4n) is 2.68. The van der Waals surface area contributed by atoms with E-state index < -0.39 is 0 Å². The van der Waals surface area contributed by atoms with Crippen LogP contribution >= 0.6 is 27.3 Å². The number of nitrogens with zero attached hydrogens (tertiary/aromatic N) is 1. The maximum Gasteiger partial charge on any atom is 0.268 e. The Kier molecular flexibility index (Phi) is 3.69. The first-order valence-corrected chi connectivity index (χ1v) is 8.36. The van der Waals surface area contributed by atoms with Gasteiger partial charge in [-0.15, -0.1) is 11.3 Å². The second-order valence-electron chi connectivity index (χ2n) is 5.26. The standard InChI is InChI=1S/C16H16BrNOS/c1-10-9-14(20-15(10)17)16(19)18-11(2)7-8-12-5-3-4-6-13(12)18/h3-6,9,11H,7-8H2,1-2H3. The zero-order chi connectivity index (χ0) is 14.3. The quantitative estimate of drug-likeness (QED) is 0.723. The van der Waals surface area contributed by atoms with Crippen molar-refractivity contribution in [3.63, 3.8) is 0 Å². The summed E-state index contributed by atoms with van der Waals surface area (Å²) in [6.07, 6.45) is 2.07. The van der Waals surface area contributed by atoms with Gasteiger partial charge in [-0.2, -0.15) is 0 Å². The predicted molar refractivity (Wildman–Crippen MR) is 87.8 cm³/mol. The number of fused-ring (bicyclic) bond motifs is 1. The van der Waals surface area contributed by atoms with E-state index in [-0.39, 0.29) is 11.9 Å². The topological polar surface area (TPSA) is 20.3 Å². The molecule has 2 nitrogen and oxygen atoms in total. The third-order valence-electron chi connectivity index (χ3n) is 3.81. The monoisotopic (exact) mass is 349 g/mol. The highest BCUT2D eigenvalue weighted by atomic mass is 79.9. The van der Waals surface area contributed by atoms with Crippen LogP contribution in [0.1, 0.15) is 34.1 Å². The van der Waals surface area contributed by atoms with Gasteiger partial charge < -0.3 is 4.90 Å². The minimum atomic E-state index is 0.114. The molecule has 20 heavy (non-hydrogen) atoms. The lowest BCUT2D eigenvalue weighted by atomic mass is 9.96.